The van der Waals surface area contributed by atoms with Gasteiger partial charge < -0.3 is 10.1 Å². The first-order valence-electron chi connectivity index (χ1n) is 9.23. The van der Waals surface area contributed by atoms with Gasteiger partial charge in [-0.05, 0) is 56.7 Å². The molecule has 0 aliphatic rings. The number of hydrogen-bond acceptors (Lipinski definition) is 7. The maximum absolute atomic E-state index is 12.1. The third-order valence-electron chi connectivity index (χ3n) is 4.67. The number of nitrogens with zero attached hydrogens (tertiary/aromatic N) is 7. The molecule has 0 aliphatic heterocycles. The summed E-state index contributed by atoms with van der Waals surface area (Å²) in [6.07, 6.45) is 1.54. The van der Waals surface area contributed by atoms with Gasteiger partial charge in [0.15, 0.2) is 11.5 Å². The molecule has 3 aromatic heterocycles. The van der Waals surface area contributed by atoms with Crippen molar-refractivity contribution in [1.82, 2.24) is 35.0 Å². The molecule has 3 heterocycles. The predicted octanol–water partition coefficient (Wildman–Crippen LogP) is 2.76. The molecular formula is C20H20N8O2. The average Bonchev–Trinajstić information content (AvgIpc) is 3.29. The number of anilines is 1. The summed E-state index contributed by atoms with van der Waals surface area (Å²) in [5, 5.41) is 23.1. The Morgan fingerprint density at radius 3 is 2.33 bits per heavy atom. The van der Waals surface area contributed by atoms with Crippen LogP contribution in [0.4, 0.5) is 5.69 Å². The molecule has 0 saturated heterocycles. The monoisotopic (exact) mass is 404 g/mol. The molecule has 4 rings (SSSR count). The zero-order chi connectivity index (χ0) is 21.3. The average molecular weight is 404 g/mol. The van der Waals surface area contributed by atoms with Gasteiger partial charge in [-0.1, -0.05) is 5.21 Å². The number of carbonyl (C=O) groups excluding carboxylic acids is 1. The van der Waals surface area contributed by atoms with Crippen LogP contribution in [0, 0.1) is 20.8 Å². The van der Waals surface area contributed by atoms with E-state index < -0.39 is 0 Å². The second-order valence-electron chi connectivity index (χ2n) is 6.80. The second-order valence-corrected chi connectivity index (χ2v) is 6.80. The minimum atomic E-state index is -0.336. The molecule has 4 aromatic rings. The van der Waals surface area contributed by atoms with Crippen molar-refractivity contribution in [3.63, 3.8) is 0 Å². The Morgan fingerprint density at radius 2 is 1.77 bits per heavy atom. The maximum atomic E-state index is 12.1. The van der Waals surface area contributed by atoms with Gasteiger partial charge >= 0.3 is 0 Å². The minimum absolute atomic E-state index is 0.242. The van der Waals surface area contributed by atoms with E-state index in [1.807, 2.05) is 20.8 Å². The lowest BCUT2D eigenvalue weighted by Crippen LogP contribution is -2.12. The van der Waals surface area contributed by atoms with Crippen LogP contribution in [-0.4, -0.2) is 40.9 Å². The summed E-state index contributed by atoms with van der Waals surface area (Å²) >= 11 is 0. The van der Waals surface area contributed by atoms with E-state index in [9.17, 15) is 4.79 Å². The van der Waals surface area contributed by atoms with E-state index in [4.69, 9.17) is 4.74 Å². The van der Waals surface area contributed by atoms with E-state index >= 15 is 0 Å². The first-order chi connectivity index (χ1) is 14.4. The lowest BCUT2D eigenvalue weighted by atomic mass is 10.2. The molecule has 0 saturated carbocycles. The highest BCUT2D eigenvalue weighted by Crippen LogP contribution is 2.22. The minimum Gasteiger partial charge on any atom is -0.438 e. The zero-order valence-corrected chi connectivity index (χ0v) is 17.0. The highest BCUT2D eigenvalue weighted by atomic mass is 16.5. The molecule has 1 amide bonds. The van der Waals surface area contributed by atoms with Crippen LogP contribution in [0.2, 0.25) is 0 Å². The molecule has 10 nitrogen and oxygen atoms in total. The molecule has 0 radical (unpaired) electrons. The fourth-order valence-corrected chi connectivity index (χ4v) is 2.80. The number of rotatable bonds is 5. The summed E-state index contributed by atoms with van der Waals surface area (Å²) in [5.41, 5.74) is 3.96. The fourth-order valence-electron chi connectivity index (χ4n) is 2.80. The number of amides is 1. The van der Waals surface area contributed by atoms with Gasteiger partial charge in [-0.3, -0.25) is 9.48 Å². The Morgan fingerprint density at radius 1 is 1.00 bits per heavy atom. The van der Waals surface area contributed by atoms with Crippen molar-refractivity contribution in [3.8, 4) is 17.4 Å². The highest BCUT2D eigenvalue weighted by molar-refractivity contribution is 6.02. The Bertz CT molecular complexity index is 1190. The summed E-state index contributed by atoms with van der Waals surface area (Å²) in [6, 6.07) is 10.4. The van der Waals surface area contributed by atoms with Crippen molar-refractivity contribution in [2.75, 3.05) is 5.32 Å². The molecule has 152 valence electrons. The Kier molecular flexibility index (Phi) is 4.97. The number of aryl methyl sites for hydroxylation is 2. The molecule has 0 spiro atoms. The van der Waals surface area contributed by atoms with Crippen molar-refractivity contribution < 1.29 is 9.53 Å². The molecule has 30 heavy (non-hydrogen) atoms. The molecule has 0 unspecified atom stereocenters. The first-order valence-corrected chi connectivity index (χ1v) is 9.23. The standard InChI is InChI=1S/C20H20N8O2/c1-12-13(2)25-28(14(12)3)18-9-10-19(24-23-18)30-16-7-5-15(6-8-16)21-20(29)17-11-27(4)26-22-17/h5-11H,1-4H3,(H,21,29). The van der Waals surface area contributed by atoms with E-state index in [0.717, 1.165) is 17.0 Å². The summed E-state index contributed by atoms with van der Waals surface area (Å²) in [4.78, 5) is 12.1. The van der Waals surface area contributed by atoms with Crippen LogP contribution in [0.15, 0.2) is 42.6 Å². The summed E-state index contributed by atoms with van der Waals surface area (Å²) in [5.74, 6) is 1.21. The second kappa shape index (κ2) is 7.74. The number of nitrogens with one attached hydrogen (secondary N) is 1. The van der Waals surface area contributed by atoms with Gasteiger partial charge in [-0.2, -0.15) is 5.10 Å². The van der Waals surface area contributed by atoms with Gasteiger partial charge in [0.2, 0.25) is 5.88 Å². The summed E-state index contributed by atoms with van der Waals surface area (Å²) in [7, 11) is 1.70. The Hall–Kier alpha value is -4.08. The lowest BCUT2D eigenvalue weighted by molar-refractivity contribution is 0.102. The van der Waals surface area contributed by atoms with Gasteiger partial charge in [0, 0.05) is 24.5 Å². The molecule has 0 atom stereocenters. The SMILES string of the molecule is Cc1nn(-c2ccc(Oc3ccc(NC(=O)c4cn(C)nn4)cc3)nn2)c(C)c1C. The topological polar surface area (TPSA) is 113 Å². The van der Waals surface area contributed by atoms with Crippen molar-refractivity contribution in [2.24, 2.45) is 7.05 Å². The maximum Gasteiger partial charge on any atom is 0.277 e. The quantitative estimate of drug-likeness (QED) is 0.544. The number of aromatic nitrogens is 7. The van der Waals surface area contributed by atoms with Crippen molar-refractivity contribution in [2.45, 2.75) is 20.8 Å². The molecule has 1 aromatic carbocycles. The van der Waals surface area contributed by atoms with E-state index in [0.29, 0.717) is 23.1 Å². The van der Waals surface area contributed by atoms with E-state index in [2.05, 4.69) is 30.9 Å². The zero-order valence-electron chi connectivity index (χ0n) is 17.0. The van der Waals surface area contributed by atoms with Crippen molar-refractivity contribution in [3.05, 3.63) is 65.2 Å². The van der Waals surface area contributed by atoms with Crippen LogP contribution >= 0.6 is 0 Å². The van der Waals surface area contributed by atoms with Crippen LogP contribution in [0.5, 0.6) is 11.6 Å². The number of hydrogen-bond donors (Lipinski definition) is 1. The molecule has 10 heteroatoms. The summed E-state index contributed by atoms with van der Waals surface area (Å²) < 4.78 is 8.96. The molecule has 0 aliphatic carbocycles. The van der Waals surface area contributed by atoms with Gasteiger partial charge in [-0.25, -0.2) is 4.68 Å². The normalized spacial score (nSPS) is 10.8. The van der Waals surface area contributed by atoms with Crippen LogP contribution < -0.4 is 10.1 Å². The fraction of sp³-hybridized carbons (Fsp3) is 0.200. The molecular weight excluding hydrogens is 384 g/mol. The van der Waals surface area contributed by atoms with Crippen LogP contribution in [-0.2, 0) is 7.05 Å². The smallest absolute Gasteiger partial charge is 0.277 e. The molecule has 1 N–H and O–H groups in total. The number of carbonyl (C=O) groups is 1. The summed E-state index contributed by atoms with van der Waals surface area (Å²) in [6.45, 7) is 5.98. The highest BCUT2D eigenvalue weighted by Gasteiger charge is 2.12. The third kappa shape index (κ3) is 3.88. The van der Waals surface area contributed by atoms with Gasteiger partial charge in [0.05, 0.1) is 11.9 Å². The van der Waals surface area contributed by atoms with Crippen LogP contribution in [0.25, 0.3) is 5.82 Å². The third-order valence-corrected chi connectivity index (χ3v) is 4.67. The van der Waals surface area contributed by atoms with Crippen molar-refractivity contribution in [1.29, 1.82) is 0 Å². The van der Waals surface area contributed by atoms with Gasteiger partial charge in [0.1, 0.15) is 5.75 Å². The first kappa shape index (κ1) is 19.2. The largest absolute Gasteiger partial charge is 0.438 e. The van der Waals surface area contributed by atoms with Gasteiger partial charge in [-0.15, -0.1) is 15.3 Å². The van der Waals surface area contributed by atoms with Crippen molar-refractivity contribution >= 4 is 11.6 Å². The number of ether oxygens (including phenoxy) is 1. The van der Waals surface area contributed by atoms with E-state index in [1.165, 1.54) is 4.68 Å². The van der Waals surface area contributed by atoms with Gasteiger partial charge in [0.25, 0.3) is 5.91 Å². The lowest BCUT2D eigenvalue weighted by Gasteiger charge is -2.07. The van der Waals surface area contributed by atoms with E-state index in [-0.39, 0.29) is 11.6 Å². The van der Waals surface area contributed by atoms with Crippen LogP contribution in [0.1, 0.15) is 27.4 Å². The molecule has 0 bridgehead atoms. The molecule has 0 fully saturated rings. The van der Waals surface area contributed by atoms with E-state index in [1.54, 1.807) is 54.3 Å². The Labute approximate surface area is 172 Å². The predicted molar refractivity (Wildman–Crippen MR) is 109 cm³/mol. The van der Waals surface area contributed by atoms with Crippen LogP contribution in [0.3, 0.4) is 0 Å². The Balaban J connectivity index is 1.42. The number of benzene rings is 1.